The third-order valence-electron chi connectivity index (χ3n) is 3.56. The fraction of sp³-hybridized carbons (Fsp3) is 0.500. The van der Waals surface area contributed by atoms with Crippen LogP contribution in [0.2, 0.25) is 0 Å². The summed E-state index contributed by atoms with van der Waals surface area (Å²) in [6.45, 7) is 5.69. The molecule has 2 unspecified atom stereocenters. The monoisotopic (exact) mass is 295 g/mol. The van der Waals surface area contributed by atoms with Gasteiger partial charge in [-0.3, -0.25) is 4.79 Å². The lowest BCUT2D eigenvalue weighted by molar-refractivity contribution is 0.112. The van der Waals surface area contributed by atoms with Crippen molar-refractivity contribution >= 4 is 27.9 Å². The predicted octanol–water partition coefficient (Wildman–Crippen LogP) is 3.89. The van der Waals surface area contributed by atoms with E-state index in [1.165, 1.54) is 18.5 Å². The maximum absolute atomic E-state index is 10.7. The Balaban J connectivity index is 2.25. The maximum Gasteiger partial charge on any atom is 0.150 e. The number of anilines is 1. The highest BCUT2D eigenvalue weighted by Crippen LogP contribution is 2.33. The van der Waals surface area contributed by atoms with Gasteiger partial charge in [-0.1, -0.05) is 6.92 Å². The van der Waals surface area contributed by atoms with E-state index in [0.717, 1.165) is 28.8 Å². The van der Waals surface area contributed by atoms with Gasteiger partial charge in [-0.05, 0) is 59.8 Å². The summed E-state index contributed by atoms with van der Waals surface area (Å²) in [5.41, 5.74) is 1.92. The number of carbonyl (C=O) groups is 1. The van der Waals surface area contributed by atoms with Gasteiger partial charge in [-0.25, -0.2) is 0 Å². The van der Waals surface area contributed by atoms with Crippen LogP contribution < -0.4 is 4.90 Å². The van der Waals surface area contributed by atoms with Crippen LogP contribution in [0.5, 0.6) is 0 Å². The van der Waals surface area contributed by atoms with Gasteiger partial charge in [0.2, 0.25) is 0 Å². The Morgan fingerprint density at radius 3 is 2.76 bits per heavy atom. The highest BCUT2D eigenvalue weighted by atomic mass is 79.9. The number of hydrogen-bond acceptors (Lipinski definition) is 2. The maximum atomic E-state index is 10.7. The van der Waals surface area contributed by atoms with Gasteiger partial charge in [0.15, 0.2) is 0 Å². The van der Waals surface area contributed by atoms with Crippen molar-refractivity contribution in [3.63, 3.8) is 0 Å². The van der Waals surface area contributed by atoms with Gasteiger partial charge in [0.25, 0.3) is 0 Å². The van der Waals surface area contributed by atoms with Crippen molar-refractivity contribution < 1.29 is 4.79 Å². The molecule has 17 heavy (non-hydrogen) atoms. The van der Waals surface area contributed by atoms with E-state index >= 15 is 0 Å². The Morgan fingerprint density at radius 1 is 1.41 bits per heavy atom. The van der Waals surface area contributed by atoms with E-state index in [1.807, 2.05) is 18.2 Å². The minimum atomic E-state index is 0.567. The molecule has 1 fully saturated rings. The first-order chi connectivity index (χ1) is 8.11. The molecular formula is C14H18BrNO. The van der Waals surface area contributed by atoms with E-state index in [0.29, 0.717) is 6.04 Å². The molecule has 2 rings (SSSR count). The van der Waals surface area contributed by atoms with Gasteiger partial charge in [-0.15, -0.1) is 0 Å². The summed E-state index contributed by atoms with van der Waals surface area (Å²) in [5, 5.41) is 0. The molecule has 0 aliphatic carbocycles. The molecule has 0 bridgehead atoms. The van der Waals surface area contributed by atoms with E-state index < -0.39 is 0 Å². The van der Waals surface area contributed by atoms with Gasteiger partial charge < -0.3 is 4.90 Å². The summed E-state index contributed by atoms with van der Waals surface area (Å²) >= 11 is 3.57. The highest BCUT2D eigenvalue weighted by Gasteiger charge is 2.24. The van der Waals surface area contributed by atoms with Crippen molar-refractivity contribution in [1.82, 2.24) is 0 Å². The zero-order valence-electron chi connectivity index (χ0n) is 10.3. The number of piperidine rings is 1. The van der Waals surface area contributed by atoms with Crippen molar-refractivity contribution in [2.45, 2.75) is 32.7 Å². The van der Waals surface area contributed by atoms with E-state index in [4.69, 9.17) is 0 Å². The molecule has 0 radical (unpaired) electrons. The summed E-state index contributed by atoms with van der Waals surface area (Å²) in [6, 6.07) is 6.39. The van der Waals surface area contributed by atoms with Crippen molar-refractivity contribution in [2.75, 3.05) is 11.4 Å². The largest absolute Gasteiger partial charge is 0.368 e. The molecule has 0 saturated carbocycles. The molecule has 1 aromatic rings. The first kappa shape index (κ1) is 12.6. The summed E-state index contributed by atoms with van der Waals surface area (Å²) < 4.78 is 1.02. The molecule has 3 heteroatoms. The highest BCUT2D eigenvalue weighted by molar-refractivity contribution is 9.10. The first-order valence-electron chi connectivity index (χ1n) is 6.13. The number of rotatable bonds is 2. The van der Waals surface area contributed by atoms with Gasteiger partial charge in [0.1, 0.15) is 6.29 Å². The van der Waals surface area contributed by atoms with Crippen molar-refractivity contribution in [2.24, 2.45) is 5.92 Å². The molecule has 1 heterocycles. The number of halogens is 1. The summed E-state index contributed by atoms with van der Waals surface area (Å²) in [4.78, 5) is 13.1. The lowest BCUT2D eigenvalue weighted by Crippen LogP contribution is -2.40. The molecule has 0 N–H and O–H groups in total. The number of aldehydes is 1. The number of nitrogens with zero attached hydrogens (tertiary/aromatic N) is 1. The molecule has 1 aliphatic rings. The number of hydrogen-bond donors (Lipinski definition) is 0. The first-order valence-corrected chi connectivity index (χ1v) is 6.92. The molecule has 0 aromatic heterocycles. The SMILES string of the molecule is CC1CCN(c2ccc(C=O)cc2Br)C(C)C1. The van der Waals surface area contributed by atoms with Crippen LogP contribution in [0.25, 0.3) is 0 Å². The third kappa shape index (κ3) is 2.71. The summed E-state index contributed by atoms with van der Waals surface area (Å²) in [5.74, 6) is 0.814. The number of benzene rings is 1. The predicted molar refractivity (Wildman–Crippen MR) is 74.7 cm³/mol. The van der Waals surface area contributed by atoms with Crippen LogP contribution >= 0.6 is 15.9 Å². The second kappa shape index (κ2) is 5.21. The molecule has 1 aromatic carbocycles. The molecule has 1 saturated heterocycles. The normalized spacial score (nSPS) is 24.8. The van der Waals surface area contributed by atoms with Crippen LogP contribution in [0.15, 0.2) is 22.7 Å². The Bertz CT molecular complexity index is 419. The second-order valence-electron chi connectivity index (χ2n) is 5.00. The zero-order valence-corrected chi connectivity index (χ0v) is 11.9. The smallest absolute Gasteiger partial charge is 0.150 e. The van der Waals surface area contributed by atoms with Crippen LogP contribution in [0.1, 0.15) is 37.0 Å². The Labute approximate surface area is 111 Å². The second-order valence-corrected chi connectivity index (χ2v) is 5.86. The standard InChI is InChI=1S/C14H18BrNO/c1-10-5-6-16(11(2)7-10)14-4-3-12(9-17)8-13(14)15/h3-4,8-11H,5-7H2,1-2H3. The van der Waals surface area contributed by atoms with Crippen molar-refractivity contribution in [3.8, 4) is 0 Å². The van der Waals surface area contributed by atoms with E-state index in [1.54, 1.807) is 0 Å². The fourth-order valence-corrected chi connectivity index (χ4v) is 3.22. The lowest BCUT2D eigenvalue weighted by atomic mass is 9.93. The van der Waals surface area contributed by atoms with Crippen molar-refractivity contribution in [3.05, 3.63) is 28.2 Å². The van der Waals surface area contributed by atoms with Crippen LogP contribution in [0, 0.1) is 5.92 Å². The molecule has 1 aliphatic heterocycles. The van der Waals surface area contributed by atoms with Crippen LogP contribution in [-0.2, 0) is 0 Å². The molecule has 2 nitrogen and oxygen atoms in total. The zero-order chi connectivity index (χ0) is 12.4. The van der Waals surface area contributed by atoms with Crippen LogP contribution in [0.3, 0.4) is 0 Å². The molecule has 0 spiro atoms. The summed E-state index contributed by atoms with van der Waals surface area (Å²) in [7, 11) is 0. The van der Waals surface area contributed by atoms with Gasteiger partial charge in [-0.2, -0.15) is 0 Å². The van der Waals surface area contributed by atoms with Crippen LogP contribution in [-0.4, -0.2) is 18.9 Å². The minimum absolute atomic E-state index is 0.567. The number of carbonyl (C=O) groups excluding carboxylic acids is 1. The molecular weight excluding hydrogens is 278 g/mol. The topological polar surface area (TPSA) is 20.3 Å². The molecule has 2 atom stereocenters. The Hall–Kier alpha value is -0.830. The van der Waals surface area contributed by atoms with E-state index in [9.17, 15) is 4.79 Å². The van der Waals surface area contributed by atoms with Gasteiger partial charge in [0.05, 0.1) is 5.69 Å². The van der Waals surface area contributed by atoms with E-state index in [-0.39, 0.29) is 0 Å². The fourth-order valence-electron chi connectivity index (χ4n) is 2.59. The molecule has 0 amide bonds. The average molecular weight is 296 g/mol. The van der Waals surface area contributed by atoms with Crippen LogP contribution in [0.4, 0.5) is 5.69 Å². The Morgan fingerprint density at radius 2 is 2.18 bits per heavy atom. The molecule has 92 valence electrons. The lowest BCUT2D eigenvalue weighted by Gasteiger charge is -2.38. The minimum Gasteiger partial charge on any atom is -0.368 e. The van der Waals surface area contributed by atoms with Crippen molar-refractivity contribution in [1.29, 1.82) is 0 Å². The van der Waals surface area contributed by atoms with Gasteiger partial charge >= 0.3 is 0 Å². The van der Waals surface area contributed by atoms with Gasteiger partial charge in [0, 0.05) is 22.6 Å². The quantitative estimate of drug-likeness (QED) is 0.772. The summed E-state index contributed by atoms with van der Waals surface area (Å²) in [6.07, 6.45) is 3.37. The average Bonchev–Trinajstić information content (AvgIpc) is 2.30. The third-order valence-corrected chi connectivity index (χ3v) is 4.19. The van der Waals surface area contributed by atoms with E-state index in [2.05, 4.69) is 34.7 Å². The Kier molecular flexibility index (Phi) is 3.87.